The second-order valence-corrected chi connectivity index (χ2v) is 5.42. The lowest BCUT2D eigenvalue weighted by atomic mass is 10.0. The largest absolute Gasteiger partial charge is 0.381 e. The van der Waals surface area contributed by atoms with Gasteiger partial charge in [-0.25, -0.2) is 0 Å². The van der Waals surface area contributed by atoms with Crippen LogP contribution in [0.15, 0.2) is 24.3 Å². The minimum Gasteiger partial charge on any atom is -0.381 e. The molecule has 2 heterocycles. The number of carbonyl (C=O) groups excluding carboxylic acids is 1. The van der Waals surface area contributed by atoms with Crippen molar-refractivity contribution in [3.63, 3.8) is 0 Å². The Morgan fingerprint density at radius 2 is 2.11 bits per heavy atom. The van der Waals surface area contributed by atoms with E-state index in [1.807, 2.05) is 29.2 Å². The third kappa shape index (κ3) is 2.61. The molecule has 2 aliphatic heterocycles. The quantitative estimate of drug-likeness (QED) is 0.900. The van der Waals surface area contributed by atoms with E-state index in [1.165, 1.54) is 0 Å². The molecule has 0 radical (unpaired) electrons. The molecule has 1 N–H and O–H groups in total. The van der Waals surface area contributed by atoms with Crippen molar-refractivity contribution in [1.29, 1.82) is 0 Å². The standard InChI is InChI=1S/C14H17ClN2O2/c15-11-3-1-2-10(8-11)14-16-9-13(18)17(14)12-4-6-19-7-5-12/h1-3,8,12,14,16H,4-7,9H2. The Bertz CT molecular complexity index is 474. The maximum atomic E-state index is 12.1. The molecule has 0 bridgehead atoms. The molecule has 0 aliphatic carbocycles. The second-order valence-electron chi connectivity index (χ2n) is 4.98. The van der Waals surface area contributed by atoms with E-state index in [2.05, 4.69) is 5.32 Å². The maximum absolute atomic E-state index is 12.1. The van der Waals surface area contributed by atoms with Crippen molar-refractivity contribution in [2.75, 3.05) is 19.8 Å². The molecule has 4 nitrogen and oxygen atoms in total. The van der Waals surface area contributed by atoms with Crippen LogP contribution in [-0.4, -0.2) is 36.6 Å². The molecule has 1 unspecified atom stereocenters. The van der Waals surface area contributed by atoms with Gasteiger partial charge in [-0.05, 0) is 30.5 Å². The topological polar surface area (TPSA) is 41.6 Å². The van der Waals surface area contributed by atoms with Gasteiger partial charge in [-0.3, -0.25) is 10.1 Å². The monoisotopic (exact) mass is 280 g/mol. The number of nitrogens with zero attached hydrogens (tertiary/aromatic N) is 1. The average molecular weight is 281 g/mol. The summed E-state index contributed by atoms with van der Waals surface area (Å²) in [5, 5.41) is 3.97. The normalized spacial score (nSPS) is 25.0. The highest BCUT2D eigenvalue weighted by Crippen LogP contribution is 2.29. The van der Waals surface area contributed by atoms with Crippen LogP contribution in [-0.2, 0) is 9.53 Å². The minimum absolute atomic E-state index is 0.0608. The summed E-state index contributed by atoms with van der Waals surface area (Å²) in [5.74, 6) is 0.164. The summed E-state index contributed by atoms with van der Waals surface area (Å²) in [4.78, 5) is 14.1. The van der Waals surface area contributed by atoms with Gasteiger partial charge in [-0.2, -0.15) is 0 Å². The van der Waals surface area contributed by atoms with E-state index < -0.39 is 0 Å². The molecule has 1 amide bonds. The highest BCUT2D eigenvalue weighted by atomic mass is 35.5. The maximum Gasteiger partial charge on any atom is 0.238 e. The molecule has 2 saturated heterocycles. The summed E-state index contributed by atoms with van der Waals surface area (Å²) in [7, 11) is 0. The number of carbonyl (C=O) groups is 1. The van der Waals surface area contributed by atoms with Crippen LogP contribution in [0.1, 0.15) is 24.6 Å². The summed E-state index contributed by atoms with van der Waals surface area (Å²) in [6, 6.07) is 7.96. The highest BCUT2D eigenvalue weighted by molar-refractivity contribution is 6.30. The van der Waals surface area contributed by atoms with Crippen molar-refractivity contribution in [2.24, 2.45) is 0 Å². The number of halogens is 1. The second kappa shape index (κ2) is 5.49. The van der Waals surface area contributed by atoms with E-state index in [0.29, 0.717) is 11.6 Å². The molecular weight excluding hydrogens is 264 g/mol. The number of nitrogens with one attached hydrogen (secondary N) is 1. The fraction of sp³-hybridized carbons (Fsp3) is 0.500. The van der Waals surface area contributed by atoms with Crippen molar-refractivity contribution < 1.29 is 9.53 Å². The summed E-state index contributed by atoms with van der Waals surface area (Å²) in [5.41, 5.74) is 1.05. The van der Waals surface area contributed by atoms with Crippen LogP contribution in [0, 0.1) is 0 Å². The van der Waals surface area contributed by atoms with Gasteiger partial charge in [-0.15, -0.1) is 0 Å². The molecule has 1 atom stereocenters. The zero-order chi connectivity index (χ0) is 13.2. The Balaban J connectivity index is 1.85. The zero-order valence-corrected chi connectivity index (χ0v) is 11.4. The lowest BCUT2D eigenvalue weighted by molar-refractivity contribution is -0.132. The van der Waals surface area contributed by atoms with Gasteiger partial charge in [0.05, 0.1) is 6.54 Å². The molecule has 19 heavy (non-hydrogen) atoms. The molecule has 2 aliphatic rings. The molecule has 1 aromatic rings. The van der Waals surface area contributed by atoms with Gasteiger partial charge < -0.3 is 9.64 Å². The summed E-state index contributed by atoms with van der Waals surface area (Å²) >= 11 is 6.04. The van der Waals surface area contributed by atoms with Gasteiger partial charge in [0, 0.05) is 24.3 Å². The Hall–Kier alpha value is -1.10. The first-order valence-corrected chi connectivity index (χ1v) is 7.01. The zero-order valence-electron chi connectivity index (χ0n) is 10.6. The summed E-state index contributed by atoms with van der Waals surface area (Å²) in [6.07, 6.45) is 1.75. The van der Waals surface area contributed by atoms with Gasteiger partial charge in [0.2, 0.25) is 5.91 Å². The van der Waals surface area contributed by atoms with Crippen LogP contribution in [0.2, 0.25) is 5.02 Å². The van der Waals surface area contributed by atoms with E-state index in [9.17, 15) is 4.79 Å². The Kier molecular flexibility index (Phi) is 3.73. The first kappa shape index (κ1) is 12.9. The number of hydrogen-bond acceptors (Lipinski definition) is 3. The van der Waals surface area contributed by atoms with Gasteiger partial charge in [0.15, 0.2) is 0 Å². The van der Waals surface area contributed by atoms with E-state index >= 15 is 0 Å². The van der Waals surface area contributed by atoms with Gasteiger partial charge >= 0.3 is 0 Å². The lowest BCUT2D eigenvalue weighted by Crippen LogP contribution is -2.42. The molecule has 0 spiro atoms. The molecule has 102 valence electrons. The molecule has 0 saturated carbocycles. The number of benzene rings is 1. The summed E-state index contributed by atoms with van der Waals surface area (Å²) in [6.45, 7) is 1.86. The van der Waals surface area contributed by atoms with Gasteiger partial charge in [0.1, 0.15) is 6.17 Å². The number of amides is 1. The van der Waals surface area contributed by atoms with Crippen LogP contribution in [0.5, 0.6) is 0 Å². The first-order valence-electron chi connectivity index (χ1n) is 6.63. The molecule has 2 fully saturated rings. The van der Waals surface area contributed by atoms with Crippen LogP contribution >= 0.6 is 11.6 Å². The third-order valence-corrected chi connectivity index (χ3v) is 4.00. The molecule has 1 aromatic carbocycles. The van der Waals surface area contributed by atoms with Crippen molar-refractivity contribution in [2.45, 2.75) is 25.0 Å². The molecule has 3 rings (SSSR count). The Labute approximate surface area is 117 Å². The lowest BCUT2D eigenvalue weighted by Gasteiger charge is -2.35. The van der Waals surface area contributed by atoms with Crippen LogP contribution in [0.25, 0.3) is 0 Å². The predicted molar refractivity (Wildman–Crippen MR) is 72.9 cm³/mol. The average Bonchev–Trinajstić information content (AvgIpc) is 2.82. The van der Waals surface area contributed by atoms with E-state index in [4.69, 9.17) is 16.3 Å². The van der Waals surface area contributed by atoms with Gasteiger partial charge in [-0.1, -0.05) is 23.7 Å². The fourth-order valence-electron chi connectivity index (χ4n) is 2.85. The molecule has 0 aromatic heterocycles. The molecule has 5 heteroatoms. The number of hydrogen-bond donors (Lipinski definition) is 1. The Morgan fingerprint density at radius 3 is 2.84 bits per heavy atom. The van der Waals surface area contributed by atoms with Crippen molar-refractivity contribution in [1.82, 2.24) is 10.2 Å². The summed E-state index contributed by atoms with van der Waals surface area (Å²) < 4.78 is 5.38. The van der Waals surface area contributed by atoms with Crippen molar-refractivity contribution >= 4 is 17.5 Å². The number of rotatable bonds is 2. The van der Waals surface area contributed by atoms with E-state index in [1.54, 1.807) is 0 Å². The van der Waals surface area contributed by atoms with Crippen LogP contribution in [0.4, 0.5) is 0 Å². The Morgan fingerprint density at radius 1 is 1.32 bits per heavy atom. The van der Waals surface area contributed by atoms with E-state index in [0.717, 1.165) is 31.6 Å². The molecular formula is C14H17ClN2O2. The van der Waals surface area contributed by atoms with Crippen molar-refractivity contribution in [3.8, 4) is 0 Å². The SMILES string of the molecule is O=C1CNC(c2cccc(Cl)c2)N1C1CCOCC1. The highest BCUT2D eigenvalue weighted by Gasteiger charge is 2.37. The van der Waals surface area contributed by atoms with Crippen molar-refractivity contribution in [3.05, 3.63) is 34.9 Å². The van der Waals surface area contributed by atoms with Crippen LogP contribution in [0.3, 0.4) is 0 Å². The number of ether oxygens (including phenoxy) is 1. The van der Waals surface area contributed by atoms with E-state index in [-0.39, 0.29) is 18.1 Å². The third-order valence-electron chi connectivity index (χ3n) is 3.76. The fourth-order valence-corrected chi connectivity index (χ4v) is 3.05. The predicted octanol–water partition coefficient (Wildman–Crippen LogP) is 1.95. The first-order chi connectivity index (χ1) is 9.25. The minimum atomic E-state index is -0.0608. The smallest absolute Gasteiger partial charge is 0.238 e. The van der Waals surface area contributed by atoms with Gasteiger partial charge in [0.25, 0.3) is 0 Å². The van der Waals surface area contributed by atoms with Crippen LogP contribution < -0.4 is 5.32 Å².